The van der Waals surface area contributed by atoms with Gasteiger partial charge in [0.1, 0.15) is 5.75 Å². The lowest BCUT2D eigenvalue weighted by Crippen LogP contribution is -2.42. The molecule has 1 aromatic rings. The van der Waals surface area contributed by atoms with Crippen molar-refractivity contribution in [1.29, 1.82) is 0 Å². The molecule has 112 valence electrons. The van der Waals surface area contributed by atoms with Crippen molar-refractivity contribution < 1.29 is 14.8 Å². The first kappa shape index (κ1) is 13.8. The van der Waals surface area contributed by atoms with Crippen LogP contribution in [0, 0.1) is 27.9 Å². The van der Waals surface area contributed by atoms with Crippen molar-refractivity contribution in [1.82, 2.24) is 0 Å². The molecule has 21 heavy (non-hydrogen) atoms. The van der Waals surface area contributed by atoms with Gasteiger partial charge in [0, 0.05) is 12.1 Å². The van der Waals surface area contributed by atoms with Crippen molar-refractivity contribution >= 4 is 17.3 Å². The van der Waals surface area contributed by atoms with Gasteiger partial charge in [-0.3, -0.25) is 14.9 Å². The highest BCUT2D eigenvalue weighted by Gasteiger charge is 2.49. The Morgan fingerprint density at radius 3 is 2.71 bits per heavy atom. The Labute approximate surface area is 121 Å². The van der Waals surface area contributed by atoms with Gasteiger partial charge >= 0.3 is 0 Å². The molecule has 2 aliphatic rings. The van der Waals surface area contributed by atoms with E-state index in [9.17, 15) is 20.0 Å². The molecule has 4 atom stereocenters. The van der Waals surface area contributed by atoms with Crippen LogP contribution < -0.4 is 11.1 Å². The predicted octanol–water partition coefficient (Wildman–Crippen LogP) is 1.61. The largest absolute Gasteiger partial charge is 0.505 e. The number of phenolic OH excluding ortho intramolecular Hbond substituents is 1. The molecule has 0 heterocycles. The number of aromatic hydroxyl groups is 1. The molecule has 1 aromatic carbocycles. The monoisotopic (exact) mass is 291 g/mol. The van der Waals surface area contributed by atoms with Crippen LogP contribution in [0.2, 0.25) is 0 Å². The quantitative estimate of drug-likeness (QED) is 0.444. The van der Waals surface area contributed by atoms with E-state index in [1.54, 1.807) is 0 Å². The first-order chi connectivity index (χ1) is 9.99. The zero-order chi connectivity index (χ0) is 15.1. The number of phenols is 1. The van der Waals surface area contributed by atoms with Crippen LogP contribution >= 0.6 is 0 Å². The zero-order valence-corrected chi connectivity index (χ0v) is 11.4. The molecule has 2 aliphatic carbocycles. The number of fused-ring (bicyclic) bond motifs is 2. The average Bonchev–Trinajstić information content (AvgIpc) is 3.01. The first-order valence-electron chi connectivity index (χ1n) is 7.02. The van der Waals surface area contributed by atoms with E-state index in [0.717, 1.165) is 19.3 Å². The number of anilines is 1. The molecule has 7 nitrogen and oxygen atoms in total. The molecule has 0 radical (unpaired) electrons. The van der Waals surface area contributed by atoms with Gasteiger partial charge in [-0.15, -0.1) is 0 Å². The molecular weight excluding hydrogens is 274 g/mol. The number of amides is 1. The van der Waals surface area contributed by atoms with E-state index in [-0.39, 0.29) is 40.9 Å². The van der Waals surface area contributed by atoms with Crippen LogP contribution in [0.5, 0.6) is 5.75 Å². The van der Waals surface area contributed by atoms with E-state index >= 15 is 0 Å². The van der Waals surface area contributed by atoms with E-state index in [2.05, 4.69) is 5.32 Å². The number of hydrogen-bond donors (Lipinski definition) is 3. The summed E-state index contributed by atoms with van der Waals surface area (Å²) in [7, 11) is 0. The van der Waals surface area contributed by atoms with Crippen molar-refractivity contribution in [3.05, 3.63) is 28.3 Å². The van der Waals surface area contributed by atoms with Crippen molar-refractivity contribution in [3.8, 4) is 5.75 Å². The minimum Gasteiger partial charge on any atom is -0.505 e. The maximum atomic E-state index is 12.4. The van der Waals surface area contributed by atoms with Crippen LogP contribution in [0.3, 0.4) is 0 Å². The normalized spacial score (nSPS) is 30.3. The molecule has 0 spiro atoms. The van der Waals surface area contributed by atoms with Crippen LogP contribution in [-0.2, 0) is 4.79 Å². The Balaban J connectivity index is 1.84. The lowest BCUT2D eigenvalue weighted by molar-refractivity contribution is -0.384. The zero-order valence-electron chi connectivity index (χ0n) is 11.4. The van der Waals surface area contributed by atoms with Gasteiger partial charge in [-0.1, -0.05) is 6.07 Å². The number of carbonyl (C=O) groups is 1. The highest BCUT2D eigenvalue weighted by Crippen LogP contribution is 2.48. The second-order valence-electron chi connectivity index (χ2n) is 5.85. The first-order valence-corrected chi connectivity index (χ1v) is 7.02. The number of hydrogen-bond acceptors (Lipinski definition) is 5. The molecule has 1 amide bonds. The van der Waals surface area contributed by atoms with Crippen LogP contribution in [0.4, 0.5) is 11.4 Å². The minimum absolute atomic E-state index is 0.150. The topological polar surface area (TPSA) is 118 Å². The van der Waals surface area contributed by atoms with Crippen molar-refractivity contribution in [2.24, 2.45) is 23.5 Å². The molecule has 2 fully saturated rings. The van der Waals surface area contributed by atoms with Gasteiger partial charge in [-0.25, -0.2) is 0 Å². The minimum atomic E-state index is -0.629. The van der Waals surface area contributed by atoms with Crippen LogP contribution in [-0.4, -0.2) is 22.0 Å². The standard InChI is InChI=1S/C14H17N3O4/c15-12-8-5-4-7(6-8)11(12)14(19)16-13-9(17(20)21)2-1-3-10(13)18/h1-3,7-8,11-12,18H,4-6,15H2,(H,16,19). The maximum Gasteiger partial charge on any atom is 0.296 e. The number of nitro groups is 1. The average molecular weight is 291 g/mol. The summed E-state index contributed by atoms with van der Waals surface area (Å²) in [4.78, 5) is 22.8. The lowest BCUT2D eigenvalue weighted by Gasteiger charge is -2.27. The van der Waals surface area contributed by atoms with Crippen LogP contribution in [0.15, 0.2) is 18.2 Å². The van der Waals surface area contributed by atoms with E-state index < -0.39 is 4.92 Å². The van der Waals surface area contributed by atoms with Crippen LogP contribution in [0.1, 0.15) is 19.3 Å². The molecule has 0 aromatic heterocycles. The van der Waals surface area contributed by atoms with Gasteiger partial charge in [-0.2, -0.15) is 0 Å². The molecule has 2 bridgehead atoms. The summed E-state index contributed by atoms with van der Waals surface area (Å²) in [5.41, 5.74) is 5.63. The number of nitrogens with zero attached hydrogens (tertiary/aromatic N) is 1. The summed E-state index contributed by atoms with van der Waals surface area (Å²) in [6.07, 6.45) is 2.97. The Kier molecular flexibility index (Phi) is 3.29. The fraction of sp³-hybridized carbons (Fsp3) is 0.500. The molecule has 0 saturated heterocycles. The van der Waals surface area contributed by atoms with E-state index in [1.807, 2.05) is 0 Å². The van der Waals surface area contributed by atoms with E-state index in [4.69, 9.17) is 5.73 Å². The molecular formula is C14H17N3O4. The third-order valence-electron chi connectivity index (χ3n) is 4.75. The van der Waals surface area contributed by atoms with Gasteiger partial charge in [0.2, 0.25) is 5.91 Å². The smallest absolute Gasteiger partial charge is 0.296 e. The predicted molar refractivity (Wildman–Crippen MR) is 75.7 cm³/mol. The Hall–Kier alpha value is -2.15. The SMILES string of the molecule is NC1C2CCC(C2)C1C(=O)Nc1c(O)cccc1[N+](=O)[O-]. The number of rotatable bonds is 3. The van der Waals surface area contributed by atoms with Crippen molar-refractivity contribution in [2.45, 2.75) is 25.3 Å². The third-order valence-corrected chi connectivity index (χ3v) is 4.75. The third kappa shape index (κ3) is 2.23. The van der Waals surface area contributed by atoms with Gasteiger partial charge in [0.15, 0.2) is 5.69 Å². The van der Waals surface area contributed by atoms with Crippen molar-refractivity contribution in [2.75, 3.05) is 5.32 Å². The summed E-state index contributed by atoms with van der Waals surface area (Å²) >= 11 is 0. The highest BCUT2D eigenvalue weighted by atomic mass is 16.6. The number of para-hydroxylation sites is 1. The molecule has 7 heteroatoms. The summed E-state index contributed by atoms with van der Waals surface area (Å²) in [6.45, 7) is 0. The highest BCUT2D eigenvalue weighted by molar-refractivity contribution is 5.97. The number of carbonyl (C=O) groups excluding carboxylic acids is 1. The summed E-state index contributed by atoms with van der Waals surface area (Å²) in [5, 5.41) is 23.3. The van der Waals surface area contributed by atoms with Crippen molar-refractivity contribution in [3.63, 3.8) is 0 Å². The van der Waals surface area contributed by atoms with Crippen LogP contribution in [0.25, 0.3) is 0 Å². The maximum absolute atomic E-state index is 12.4. The number of benzene rings is 1. The summed E-state index contributed by atoms with van der Waals surface area (Å²) < 4.78 is 0. The molecule has 4 N–H and O–H groups in total. The summed E-state index contributed by atoms with van der Waals surface area (Å²) in [6, 6.07) is 3.72. The van der Waals surface area contributed by atoms with Gasteiger partial charge in [-0.05, 0) is 37.2 Å². The van der Waals surface area contributed by atoms with E-state index in [0.29, 0.717) is 5.92 Å². The van der Waals surface area contributed by atoms with Gasteiger partial charge in [0.05, 0.1) is 10.8 Å². The Morgan fingerprint density at radius 1 is 1.38 bits per heavy atom. The molecule has 3 rings (SSSR count). The number of nitrogens with two attached hydrogens (primary N) is 1. The second-order valence-corrected chi connectivity index (χ2v) is 5.85. The van der Waals surface area contributed by atoms with Gasteiger partial charge < -0.3 is 16.2 Å². The molecule has 2 saturated carbocycles. The lowest BCUT2D eigenvalue weighted by atomic mass is 9.84. The van der Waals surface area contributed by atoms with Gasteiger partial charge in [0.25, 0.3) is 5.69 Å². The second kappa shape index (κ2) is 5.00. The molecule has 0 aliphatic heterocycles. The Bertz CT molecular complexity index is 602. The van der Waals surface area contributed by atoms with E-state index in [1.165, 1.54) is 18.2 Å². The summed E-state index contributed by atoms with van der Waals surface area (Å²) in [5.74, 6) is -0.364. The Morgan fingerprint density at radius 2 is 2.10 bits per heavy atom. The fourth-order valence-electron chi connectivity index (χ4n) is 3.74. The molecule has 4 unspecified atom stereocenters. The number of nitro benzene ring substituents is 1. The number of nitrogens with one attached hydrogen (secondary N) is 1. The fourth-order valence-corrected chi connectivity index (χ4v) is 3.74.